The van der Waals surface area contributed by atoms with Gasteiger partial charge in [-0.2, -0.15) is 0 Å². The summed E-state index contributed by atoms with van der Waals surface area (Å²) in [5, 5.41) is -2.62. The lowest BCUT2D eigenvalue weighted by molar-refractivity contribution is 0.122. The number of halogens is 6. The zero-order chi connectivity index (χ0) is 22.4. The van der Waals surface area contributed by atoms with E-state index in [1.807, 2.05) is 0 Å². The highest BCUT2D eigenvalue weighted by atomic mass is 35.5. The van der Waals surface area contributed by atoms with Crippen LogP contribution in [0.4, 0.5) is 0 Å². The molecule has 0 bridgehead atoms. The molecule has 0 radical (unpaired) electrons. The van der Waals surface area contributed by atoms with Crippen LogP contribution in [0.25, 0.3) is 0 Å². The third kappa shape index (κ3) is 11.0. The van der Waals surface area contributed by atoms with Gasteiger partial charge in [-0.1, -0.05) is 51.9 Å². The Labute approximate surface area is 208 Å². The van der Waals surface area contributed by atoms with Crippen molar-refractivity contribution in [3.63, 3.8) is 0 Å². The molecular formula is C19H36Cl6O3Si. The van der Waals surface area contributed by atoms with Crippen LogP contribution < -0.4 is 0 Å². The molecule has 0 amide bonds. The van der Waals surface area contributed by atoms with Crippen molar-refractivity contribution in [2.75, 3.05) is 21.3 Å². The maximum Gasteiger partial charge on any atom is 0.500 e. The van der Waals surface area contributed by atoms with Gasteiger partial charge in [-0.3, -0.25) is 0 Å². The van der Waals surface area contributed by atoms with Crippen LogP contribution in [-0.2, 0) is 13.3 Å². The van der Waals surface area contributed by atoms with Gasteiger partial charge in [-0.25, -0.2) is 0 Å². The van der Waals surface area contributed by atoms with Crippen LogP contribution in [0.1, 0.15) is 58.3 Å². The first kappa shape index (κ1) is 30.8. The van der Waals surface area contributed by atoms with Crippen molar-refractivity contribution < 1.29 is 13.3 Å². The van der Waals surface area contributed by atoms with E-state index >= 15 is 0 Å². The summed E-state index contributed by atoms with van der Waals surface area (Å²) in [5.74, 6) is 0. The summed E-state index contributed by atoms with van der Waals surface area (Å²) in [6, 6.07) is 0.936. The van der Waals surface area contributed by atoms with Crippen molar-refractivity contribution in [2.24, 2.45) is 0 Å². The Kier molecular flexibility index (Phi) is 18.4. The van der Waals surface area contributed by atoms with Gasteiger partial charge in [0.15, 0.2) is 0 Å². The second-order valence-corrected chi connectivity index (χ2v) is 13.3. The van der Waals surface area contributed by atoms with Gasteiger partial charge in [0.05, 0.1) is 32.3 Å². The summed E-state index contributed by atoms with van der Waals surface area (Å²) >= 11 is 35.3. The van der Waals surface area contributed by atoms with E-state index in [0.717, 1.165) is 12.5 Å². The van der Waals surface area contributed by atoms with Crippen LogP contribution in [0, 0.1) is 0 Å². The van der Waals surface area contributed by atoms with Gasteiger partial charge in [-0.15, -0.1) is 69.6 Å². The van der Waals surface area contributed by atoms with E-state index in [4.69, 9.17) is 82.9 Å². The Morgan fingerprint density at radius 2 is 0.793 bits per heavy atom. The highest BCUT2D eigenvalue weighted by Gasteiger charge is 2.46. The molecule has 176 valence electrons. The van der Waals surface area contributed by atoms with Crippen LogP contribution in [0.15, 0.2) is 0 Å². The molecule has 1 saturated carbocycles. The summed E-state index contributed by atoms with van der Waals surface area (Å²) in [6.07, 6.45) is 10.6. The fourth-order valence-electron chi connectivity index (χ4n) is 3.09. The quantitative estimate of drug-likeness (QED) is 0.141. The van der Waals surface area contributed by atoms with Crippen LogP contribution in [0.3, 0.4) is 0 Å². The largest absolute Gasteiger partial charge is 0.500 e. The van der Waals surface area contributed by atoms with E-state index < -0.39 is 41.1 Å². The Morgan fingerprint density at radius 3 is 1.07 bits per heavy atom. The van der Waals surface area contributed by atoms with E-state index in [1.165, 1.54) is 44.9 Å². The van der Waals surface area contributed by atoms with Crippen LogP contribution >= 0.6 is 69.6 Å². The number of rotatable bonds is 12. The lowest BCUT2D eigenvalue weighted by Gasteiger charge is -2.37. The molecule has 0 saturated heterocycles. The Morgan fingerprint density at radius 1 is 0.517 bits per heavy atom. The lowest BCUT2D eigenvalue weighted by Crippen LogP contribution is -2.52. The van der Waals surface area contributed by atoms with Crippen LogP contribution in [-0.4, -0.2) is 62.4 Å². The third-order valence-electron chi connectivity index (χ3n) is 5.09. The second-order valence-electron chi connectivity index (χ2n) is 7.19. The maximum absolute atomic E-state index is 5.88. The molecule has 1 rings (SSSR count). The molecule has 0 aromatic rings. The van der Waals surface area contributed by atoms with Gasteiger partial charge < -0.3 is 13.3 Å². The van der Waals surface area contributed by atoms with Crippen molar-refractivity contribution in [2.45, 2.75) is 96.6 Å². The van der Waals surface area contributed by atoms with E-state index in [1.54, 1.807) is 21.3 Å². The third-order valence-corrected chi connectivity index (χ3v) is 12.0. The maximum atomic E-state index is 5.88. The molecule has 0 aliphatic heterocycles. The highest BCUT2D eigenvalue weighted by Crippen LogP contribution is 2.39. The summed E-state index contributed by atoms with van der Waals surface area (Å²) in [5.41, 5.74) is 0. The molecular weight excluding hydrogens is 517 g/mol. The summed E-state index contributed by atoms with van der Waals surface area (Å²) in [4.78, 5) is 0. The summed E-state index contributed by atoms with van der Waals surface area (Å²) < 4.78 is 16.2. The van der Waals surface area contributed by atoms with Crippen molar-refractivity contribution in [3.05, 3.63) is 0 Å². The summed E-state index contributed by atoms with van der Waals surface area (Å²) in [6.45, 7) is 2.25. The first-order valence-corrected chi connectivity index (χ1v) is 14.8. The Hall–Kier alpha value is 1.84. The minimum Gasteiger partial charge on any atom is -0.377 e. The normalized spacial score (nSPS) is 30.0. The van der Waals surface area contributed by atoms with E-state index in [-0.39, 0.29) is 0 Å². The van der Waals surface area contributed by atoms with E-state index in [9.17, 15) is 0 Å². The molecule has 29 heavy (non-hydrogen) atoms. The number of hydrogen-bond acceptors (Lipinski definition) is 3. The van der Waals surface area contributed by atoms with Gasteiger partial charge >= 0.3 is 8.80 Å². The van der Waals surface area contributed by atoms with Crippen LogP contribution in [0.5, 0.6) is 0 Å². The van der Waals surface area contributed by atoms with Gasteiger partial charge in [-0.05, 0) is 6.42 Å². The molecule has 0 aromatic heterocycles. The highest BCUT2D eigenvalue weighted by molar-refractivity contribution is 6.60. The summed E-state index contributed by atoms with van der Waals surface area (Å²) in [7, 11) is 2.75. The van der Waals surface area contributed by atoms with Crippen LogP contribution in [0.2, 0.25) is 6.04 Å². The topological polar surface area (TPSA) is 27.7 Å². The molecule has 0 N–H and O–H groups in total. The van der Waals surface area contributed by atoms with Gasteiger partial charge in [0.2, 0.25) is 0 Å². The molecule has 0 atom stereocenters. The molecule has 0 heterocycles. The predicted molar refractivity (Wildman–Crippen MR) is 132 cm³/mol. The average molecular weight is 553 g/mol. The van der Waals surface area contributed by atoms with E-state index in [2.05, 4.69) is 6.92 Å². The lowest BCUT2D eigenvalue weighted by atomic mass is 9.97. The molecule has 1 aliphatic carbocycles. The molecule has 3 nitrogen and oxygen atoms in total. The molecule has 1 fully saturated rings. The Balaban J connectivity index is 0.000000571. The van der Waals surface area contributed by atoms with Gasteiger partial charge in [0, 0.05) is 27.4 Å². The molecule has 0 spiro atoms. The molecule has 1 aliphatic rings. The van der Waals surface area contributed by atoms with Crippen molar-refractivity contribution in [1.82, 2.24) is 0 Å². The molecule has 0 aromatic carbocycles. The van der Waals surface area contributed by atoms with Gasteiger partial charge in [0.25, 0.3) is 0 Å². The smallest absolute Gasteiger partial charge is 0.377 e. The SMILES string of the molecule is CCCCCCCCCC[Si](OC)(OC)OC.ClC1C(Cl)C(Cl)C(Cl)C(Cl)C1Cl. The predicted octanol–water partition coefficient (Wildman–Crippen LogP) is 7.65. The van der Waals surface area contributed by atoms with E-state index in [0.29, 0.717) is 0 Å². The fourth-order valence-corrected chi connectivity index (χ4v) is 7.21. The van der Waals surface area contributed by atoms with Crippen molar-refractivity contribution >= 4 is 78.4 Å². The average Bonchev–Trinajstić information content (AvgIpc) is 2.75. The number of hydrogen-bond donors (Lipinski definition) is 0. The monoisotopic (exact) mass is 550 g/mol. The number of alkyl halides is 6. The number of unbranched alkanes of at least 4 members (excludes halogenated alkanes) is 7. The minimum atomic E-state index is -2.30. The first-order valence-electron chi connectivity index (χ1n) is 10.2. The minimum absolute atomic E-state index is 0.437. The van der Waals surface area contributed by atoms with Crippen molar-refractivity contribution in [3.8, 4) is 0 Å². The zero-order valence-electron chi connectivity index (χ0n) is 17.8. The standard InChI is InChI=1S/C13H30O3Si.C6H6Cl6/c1-5-6-7-8-9-10-11-12-13-17(14-2,15-3)16-4;7-1-2(8)4(10)6(12)5(11)3(1)9/h5-13H2,1-4H3;1-6H. The van der Waals surface area contributed by atoms with Gasteiger partial charge in [0.1, 0.15) is 0 Å². The zero-order valence-corrected chi connectivity index (χ0v) is 23.4. The fraction of sp³-hybridized carbons (Fsp3) is 1.00. The molecule has 0 unspecified atom stereocenters. The Bertz CT molecular complexity index is 339. The van der Waals surface area contributed by atoms with Crippen molar-refractivity contribution in [1.29, 1.82) is 0 Å². The first-order chi connectivity index (χ1) is 13.7. The second kappa shape index (κ2) is 17.3. The molecule has 10 heteroatoms.